The van der Waals surface area contributed by atoms with E-state index in [-0.39, 0.29) is 12.5 Å². The zero-order valence-electron chi connectivity index (χ0n) is 19.5. The minimum Gasteiger partial charge on any atom is -0.395 e. The number of carbonyl (C=O) groups is 1. The zero-order chi connectivity index (χ0) is 23.6. The molecule has 32 heavy (non-hydrogen) atoms. The summed E-state index contributed by atoms with van der Waals surface area (Å²) in [6, 6.07) is 3.28. The highest BCUT2D eigenvalue weighted by Gasteiger charge is 2.26. The third-order valence-electron chi connectivity index (χ3n) is 5.69. The number of anilines is 1. The van der Waals surface area contributed by atoms with Gasteiger partial charge in [0.2, 0.25) is 0 Å². The minimum absolute atomic E-state index is 0.0935. The van der Waals surface area contributed by atoms with Crippen LogP contribution in [-0.4, -0.2) is 96.5 Å². The molecule has 3 rings (SSSR count). The summed E-state index contributed by atoms with van der Waals surface area (Å²) in [5.74, 6) is 1.09. The van der Waals surface area contributed by atoms with Crippen LogP contribution >= 0.6 is 0 Å². The van der Waals surface area contributed by atoms with Gasteiger partial charge >= 0.3 is 10.2 Å². The van der Waals surface area contributed by atoms with Crippen molar-refractivity contribution in [3.8, 4) is 0 Å². The third-order valence-corrected chi connectivity index (χ3v) is 7.14. The second-order valence-electron chi connectivity index (χ2n) is 8.82. The van der Waals surface area contributed by atoms with Gasteiger partial charge in [-0.2, -0.15) is 12.7 Å². The van der Waals surface area contributed by atoms with Gasteiger partial charge in [0.05, 0.1) is 28.9 Å². The standard InChI is InChI=1S/C21H34N6O4S/c1-15(2)12-19-22-18-14-16(23-32(30,31)24(3)4)13-17(20(18)25(19)5)21(29)27-8-6-26(7-9-27)10-11-28/h13-15,23,28H,6-12H2,1-5H3. The van der Waals surface area contributed by atoms with Gasteiger partial charge in [0.15, 0.2) is 0 Å². The quantitative estimate of drug-likeness (QED) is 0.594. The van der Waals surface area contributed by atoms with Crippen LogP contribution in [0.1, 0.15) is 30.0 Å². The Labute approximate surface area is 190 Å². The highest BCUT2D eigenvalue weighted by Crippen LogP contribution is 2.28. The largest absolute Gasteiger partial charge is 0.395 e. The first-order chi connectivity index (χ1) is 15.0. The molecule has 2 heterocycles. The topological polar surface area (TPSA) is 111 Å². The Balaban J connectivity index is 2.03. The van der Waals surface area contributed by atoms with Crippen LogP contribution in [0.2, 0.25) is 0 Å². The maximum atomic E-state index is 13.5. The number of hydrogen-bond acceptors (Lipinski definition) is 6. The van der Waals surface area contributed by atoms with Crippen molar-refractivity contribution in [3.63, 3.8) is 0 Å². The lowest BCUT2D eigenvalue weighted by Crippen LogP contribution is -2.49. The molecule has 1 aromatic carbocycles. The molecule has 11 heteroatoms. The molecule has 0 bridgehead atoms. The lowest BCUT2D eigenvalue weighted by atomic mass is 10.1. The predicted molar refractivity (Wildman–Crippen MR) is 125 cm³/mol. The number of hydrogen-bond donors (Lipinski definition) is 2. The number of fused-ring (bicyclic) bond motifs is 1. The average molecular weight is 467 g/mol. The summed E-state index contributed by atoms with van der Waals surface area (Å²) in [6.07, 6.45) is 0.747. The van der Waals surface area contributed by atoms with E-state index in [1.165, 1.54) is 14.1 Å². The van der Waals surface area contributed by atoms with E-state index < -0.39 is 10.2 Å². The molecule has 10 nitrogen and oxygen atoms in total. The van der Waals surface area contributed by atoms with Crippen molar-refractivity contribution in [2.45, 2.75) is 20.3 Å². The van der Waals surface area contributed by atoms with E-state index in [2.05, 4.69) is 23.5 Å². The summed E-state index contributed by atoms with van der Waals surface area (Å²) in [7, 11) is 1.06. The number of nitrogens with zero attached hydrogens (tertiary/aromatic N) is 5. The van der Waals surface area contributed by atoms with Crippen molar-refractivity contribution in [2.75, 3.05) is 58.1 Å². The highest BCUT2D eigenvalue weighted by molar-refractivity contribution is 7.90. The van der Waals surface area contributed by atoms with Crippen LogP contribution in [0.15, 0.2) is 12.1 Å². The molecule has 0 radical (unpaired) electrons. The normalized spacial score (nSPS) is 15.8. The van der Waals surface area contributed by atoms with Crippen molar-refractivity contribution in [3.05, 3.63) is 23.5 Å². The molecule has 0 saturated carbocycles. The number of aliphatic hydroxyl groups excluding tert-OH is 1. The molecular weight excluding hydrogens is 432 g/mol. The van der Waals surface area contributed by atoms with E-state index in [1.54, 1.807) is 17.0 Å². The number of rotatable bonds is 8. The molecule has 178 valence electrons. The van der Waals surface area contributed by atoms with Crippen LogP contribution in [0.5, 0.6) is 0 Å². The molecular formula is C21H34N6O4S. The molecule has 1 fully saturated rings. The van der Waals surface area contributed by atoms with E-state index >= 15 is 0 Å². The minimum atomic E-state index is -3.73. The number of piperazine rings is 1. The Kier molecular flexibility index (Phi) is 7.43. The molecule has 1 aliphatic rings. The summed E-state index contributed by atoms with van der Waals surface area (Å²) < 4.78 is 30.4. The summed E-state index contributed by atoms with van der Waals surface area (Å²) in [6.45, 7) is 7.36. The Hall–Kier alpha value is -2.21. The van der Waals surface area contributed by atoms with E-state index in [0.717, 1.165) is 16.6 Å². The van der Waals surface area contributed by atoms with Gasteiger partial charge in [0.25, 0.3) is 5.91 Å². The Morgan fingerprint density at radius 1 is 1.22 bits per heavy atom. The molecule has 1 aliphatic heterocycles. The van der Waals surface area contributed by atoms with E-state index in [9.17, 15) is 13.2 Å². The fourth-order valence-electron chi connectivity index (χ4n) is 3.90. The molecule has 1 saturated heterocycles. The van der Waals surface area contributed by atoms with Crippen LogP contribution in [0, 0.1) is 5.92 Å². The number of nitrogens with one attached hydrogen (secondary N) is 1. The highest BCUT2D eigenvalue weighted by atomic mass is 32.2. The first-order valence-corrected chi connectivity index (χ1v) is 12.3. The lowest BCUT2D eigenvalue weighted by Gasteiger charge is -2.34. The molecule has 0 aliphatic carbocycles. The molecule has 0 unspecified atom stereocenters. The number of benzene rings is 1. The maximum absolute atomic E-state index is 13.5. The predicted octanol–water partition coefficient (Wildman–Crippen LogP) is 0.740. The fourth-order valence-corrected chi connectivity index (χ4v) is 4.49. The number of amides is 1. The van der Waals surface area contributed by atoms with Gasteiger partial charge in [-0.3, -0.25) is 14.4 Å². The van der Waals surface area contributed by atoms with Crippen LogP contribution in [0.4, 0.5) is 5.69 Å². The molecule has 2 N–H and O–H groups in total. The average Bonchev–Trinajstić information content (AvgIpc) is 3.02. The Morgan fingerprint density at radius 2 is 1.88 bits per heavy atom. The van der Waals surface area contributed by atoms with Crippen molar-refractivity contribution >= 4 is 32.8 Å². The number of aryl methyl sites for hydroxylation is 1. The SMILES string of the molecule is CC(C)Cc1nc2cc(NS(=O)(=O)N(C)C)cc(C(=O)N3CCN(CCO)CC3)c2n1C. The van der Waals surface area contributed by atoms with Crippen molar-refractivity contribution in [2.24, 2.45) is 13.0 Å². The molecule has 1 aromatic heterocycles. The van der Waals surface area contributed by atoms with Gasteiger partial charge in [-0.05, 0) is 18.1 Å². The number of aromatic nitrogens is 2. The van der Waals surface area contributed by atoms with Crippen molar-refractivity contribution in [1.29, 1.82) is 0 Å². The number of β-amino-alcohol motifs (C(OH)–C–C–N with tert-alkyl or cyclic N) is 1. The van der Waals surface area contributed by atoms with Crippen molar-refractivity contribution < 1.29 is 18.3 Å². The van der Waals surface area contributed by atoms with Gasteiger partial charge in [-0.25, -0.2) is 4.98 Å². The Bertz CT molecular complexity index is 1070. The summed E-state index contributed by atoms with van der Waals surface area (Å²) in [5.41, 5.74) is 2.03. The molecule has 0 spiro atoms. The van der Waals surface area contributed by atoms with Gasteiger partial charge < -0.3 is 14.6 Å². The van der Waals surface area contributed by atoms with Crippen LogP contribution < -0.4 is 4.72 Å². The van der Waals surface area contributed by atoms with Crippen LogP contribution in [0.25, 0.3) is 11.0 Å². The number of carbonyl (C=O) groups excluding carboxylic acids is 1. The summed E-state index contributed by atoms with van der Waals surface area (Å²) in [5, 5.41) is 9.16. The zero-order valence-corrected chi connectivity index (χ0v) is 20.3. The lowest BCUT2D eigenvalue weighted by molar-refractivity contribution is 0.0616. The van der Waals surface area contributed by atoms with Gasteiger partial charge in [-0.15, -0.1) is 0 Å². The smallest absolute Gasteiger partial charge is 0.301 e. The first-order valence-electron chi connectivity index (χ1n) is 10.9. The molecule has 2 aromatic rings. The fraction of sp³-hybridized carbons (Fsp3) is 0.619. The summed E-state index contributed by atoms with van der Waals surface area (Å²) >= 11 is 0. The number of imidazole rings is 1. The molecule has 1 amide bonds. The van der Waals surface area contributed by atoms with Crippen LogP contribution in [0.3, 0.4) is 0 Å². The monoisotopic (exact) mass is 466 g/mol. The second-order valence-corrected chi connectivity index (χ2v) is 10.7. The van der Waals surface area contributed by atoms with Crippen LogP contribution in [-0.2, 0) is 23.7 Å². The van der Waals surface area contributed by atoms with Gasteiger partial charge in [-0.1, -0.05) is 13.8 Å². The second kappa shape index (κ2) is 9.74. The van der Waals surface area contributed by atoms with E-state index in [1.807, 2.05) is 11.6 Å². The van der Waals surface area contributed by atoms with Gasteiger partial charge in [0.1, 0.15) is 5.82 Å². The van der Waals surface area contributed by atoms with Gasteiger partial charge in [0, 0.05) is 60.3 Å². The molecule has 0 atom stereocenters. The Morgan fingerprint density at radius 3 is 2.44 bits per heavy atom. The van der Waals surface area contributed by atoms with Crippen molar-refractivity contribution in [1.82, 2.24) is 23.7 Å². The first kappa shape index (κ1) is 24.4. The van der Waals surface area contributed by atoms with E-state index in [4.69, 9.17) is 10.1 Å². The maximum Gasteiger partial charge on any atom is 0.301 e. The summed E-state index contributed by atoms with van der Waals surface area (Å²) in [4.78, 5) is 22.2. The number of aliphatic hydroxyl groups is 1. The third kappa shape index (κ3) is 5.22. The van der Waals surface area contributed by atoms with E-state index in [0.29, 0.717) is 60.9 Å².